The van der Waals surface area contributed by atoms with Gasteiger partial charge in [0.25, 0.3) is 0 Å². The monoisotopic (exact) mass is 393 g/mol. The Morgan fingerprint density at radius 3 is 2.52 bits per heavy atom. The van der Waals surface area contributed by atoms with Gasteiger partial charge in [0.1, 0.15) is 18.2 Å². The summed E-state index contributed by atoms with van der Waals surface area (Å²) in [7, 11) is 1.74. The SMILES string of the molecule is CN(CC(=O)O)c1nc(CN2CCN(c3ncccn3)CC2)nc2ccccc12. The first kappa shape index (κ1) is 19.0. The van der Waals surface area contributed by atoms with Crippen molar-refractivity contribution in [2.45, 2.75) is 6.54 Å². The molecule has 0 amide bonds. The molecule has 150 valence electrons. The molecule has 29 heavy (non-hydrogen) atoms. The second-order valence-corrected chi connectivity index (χ2v) is 7.04. The molecule has 0 aliphatic carbocycles. The van der Waals surface area contributed by atoms with Gasteiger partial charge in [-0.2, -0.15) is 0 Å². The normalized spacial score (nSPS) is 14.9. The predicted molar refractivity (Wildman–Crippen MR) is 110 cm³/mol. The topological polar surface area (TPSA) is 98.6 Å². The molecule has 1 N–H and O–H groups in total. The Morgan fingerprint density at radius 1 is 1.07 bits per heavy atom. The van der Waals surface area contributed by atoms with Crippen molar-refractivity contribution in [3.05, 3.63) is 48.5 Å². The van der Waals surface area contributed by atoms with Gasteiger partial charge in [0.05, 0.1) is 12.1 Å². The van der Waals surface area contributed by atoms with Gasteiger partial charge >= 0.3 is 5.97 Å². The van der Waals surface area contributed by atoms with Crippen LogP contribution in [0.5, 0.6) is 0 Å². The van der Waals surface area contributed by atoms with Gasteiger partial charge in [-0.15, -0.1) is 0 Å². The molecule has 1 aliphatic rings. The van der Waals surface area contributed by atoms with Gasteiger partial charge in [0.15, 0.2) is 0 Å². The number of fused-ring (bicyclic) bond motifs is 1. The number of rotatable bonds is 6. The van der Waals surface area contributed by atoms with Crippen LogP contribution in [0, 0.1) is 0 Å². The molecule has 0 saturated carbocycles. The molecule has 4 rings (SSSR count). The largest absolute Gasteiger partial charge is 0.480 e. The number of aliphatic carboxylic acids is 1. The third-order valence-corrected chi connectivity index (χ3v) is 4.94. The molecule has 9 nitrogen and oxygen atoms in total. The molecule has 1 aliphatic heterocycles. The average Bonchev–Trinajstić information content (AvgIpc) is 2.74. The van der Waals surface area contributed by atoms with Gasteiger partial charge in [-0.1, -0.05) is 12.1 Å². The molecule has 2 aromatic heterocycles. The van der Waals surface area contributed by atoms with Gasteiger partial charge in [-0.25, -0.2) is 19.9 Å². The van der Waals surface area contributed by atoms with Gasteiger partial charge in [-0.05, 0) is 18.2 Å². The van der Waals surface area contributed by atoms with Gasteiger partial charge < -0.3 is 14.9 Å². The second kappa shape index (κ2) is 8.36. The average molecular weight is 393 g/mol. The number of carboxylic acid groups (broad SMARTS) is 1. The minimum Gasteiger partial charge on any atom is -0.480 e. The van der Waals surface area contributed by atoms with Crippen LogP contribution in [0.2, 0.25) is 0 Å². The highest BCUT2D eigenvalue weighted by molar-refractivity contribution is 5.90. The van der Waals surface area contributed by atoms with E-state index in [-0.39, 0.29) is 6.54 Å². The van der Waals surface area contributed by atoms with Gasteiger partial charge in [-0.3, -0.25) is 9.69 Å². The maximum Gasteiger partial charge on any atom is 0.323 e. The van der Waals surface area contributed by atoms with Crippen molar-refractivity contribution in [3.63, 3.8) is 0 Å². The highest BCUT2D eigenvalue weighted by Gasteiger charge is 2.21. The maximum atomic E-state index is 11.2. The van der Waals surface area contributed by atoms with E-state index in [9.17, 15) is 4.79 Å². The number of carboxylic acids is 1. The quantitative estimate of drug-likeness (QED) is 0.663. The van der Waals surface area contributed by atoms with E-state index in [1.54, 1.807) is 24.3 Å². The lowest BCUT2D eigenvalue weighted by Gasteiger charge is -2.34. The summed E-state index contributed by atoms with van der Waals surface area (Å²) >= 11 is 0. The predicted octanol–water partition coefficient (Wildman–Crippen LogP) is 1.26. The smallest absolute Gasteiger partial charge is 0.323 e. The van der Waals surface area contributed by atoms with E-state index in [2.05, 4.69) is 19.8 Å². The van der Waals surface area contributed by atoms with Crippen LogP contribution in [0.4, 0.5) is 11.8 Å². The first-order valence-electron chi connectivity index (χ1n) is 9.53. The van der Waals surface area contributed by atoms with E-state index >= 15 is 0 Å². The third kappa shape index (κ3) is 4.40. The van der Waals surface area contributed by atoms with E-state index < -0.39 is 5.97 Å². The number of benzene rings is 1. The van der Waals surface area contributed by atoms with Crippen molar-refractivity contribution in [2.24, 2.45) is 0 Å². The van der Waals surface area contributed by atoms with Crippen LogP contribution in [0.1, 0.15) is 5.82 Å². The fourth-order valence-corrected chi connectivity index (χ4v) is 3.51. The summed E-state index contributed by atoms with van der Waals surface area (Å²) in [5, 5.41) is 10.0. The molecular weight excluding hydrogens is 370 g/mol. The first-order chi connectivity index (χ1) is 14.1. The second-order valence-electron chi connectivity index (χ2n) is 7.04. The molecule has 1 saturated heterocycles. The maximum absolute atomic E-state index is 11.2. The van der Waals surface area contributed by atoms with Crippen LogP contribution in [-0.4, -0.2) is 75.7 Å². The van der Waals surface area contributed by atoms with Crippen LogP contribution < -0.4 is 9.80 Å². The van der Waals surface area contributed by atoms with Gasteiger partial charge in [0, 0.05) is 51.0 Å². The Morgan fingerprint density at radius 2 is 1.79 bits per heavy atom. The molecule has 0 atom stereocenters. The zero-order valence-electron chi connectivity index (χ0n) is 16.3. The number of carbonyl (C=O) groups is 1. The molecule has 0 bridgehead atoms. The molecule has 1 aromatic carbocycles. The number of hydrogen-bond acceptors (Lipinski definition) is 8. The fraction of sp³-hybridized carbons (Fsp3) is 0.350. The number of piperazine rings is 1. The number of para-hydroxylation sites is 1. The van der Waals surface area contributed by atoms with Crippen LogP contribution in [0.3, 0.4) is 0 Å². The number of hydrogen-bond donors (Lipinski definition) is 1. The van der Waals surface area contributed by atoms with Crippen molar-refractivity contribution < 1.29 is 9.90 Å². The number of nitrogens with zero attached hydrogens (tertiary/aromatic N) is 7. The summed E-state index contributed by atoms with van der Waals surface area (Å²) in [4.78, 5) is 35.3. The third-order valence-electron chi connectivity index (χ3n) is 4.94. The molecule has 0 radical (unpaired) electrons. The van der Waals surface area contributed by atoms with Crippen LogP contribution in [0.15, 0.2) is 42.7 Å². The summed E-state index contributed by atoms with van der Waals surface area (Å²) in [6, 6.07) is 9.51. The van der Waals surface area contributed by atoms with Crippen molar-refractivity contribution in [1.29, 1.82) is 0 Å². The summed E-state index contributed by atoms with van der Waals surface area (Å²) in [6.45, 7) is 3.88. The molecule has 9 heteroatoms. The molecular formula is C20H23N7O2. The zero-order valence-corrected chi connectivity index (χ0v) is 16.3. The first-order valence-corrected chi connectivity index (χ1v) is 9.53. The summed E-state index contributed by atoms with van der Waals surface area (Å²) in [5.74, 6) is 1.20. The van der Waals surface area contributed by atoms with Crippen LogP contribution in [0.25, 0.3) is 10.9 Å². The Balaban J connectivity index is 1.50. The van der Waals surface area contributed by atoms with Gasteiger partial charge in [0.2, 0.25) is 5.95 Å². The fourth-order valence-electron chi connectivity index (χ4n) is 3.51. The molecule has 0 spiro atoms. The number of likely N-dealkylation sites (N-methyl/N-ethyl adjacent to an activating group) is 1. The minimum absolute atomic E-state index is 0.115. The van der Waals surface area contributed by atoms with Crippen molar-refractivity contribution in [1.82, 2.24) is 24.8 Å². The number of anilines is 2. The number of aromatic nitrogens is 4. The van der Waals surface area contributed by atoms with Crippen molar-refractivity contribution in [3.8, 4) is 0 Å². The Hall–Kier alpha value is -3.33. The lowest BCUT2D eigenvalue weighted by atomic mass is 10.2. The summed E-state index contributed by atoms with van der Waals surface area (Å²) < 4.78 is 0. The lowest BCUT2D eigenvalue weighted by molar-refractivity contribution is -0.135. The molecule has 3 heterocycles. The molecule has 0 unspecified atom stereocenters. The standard InChI is InChI=1S/C20H23N7O2/c1-25(14-18(28)29)19-15-5-2-3-6-16(15)23-17(24-19)13-26-9-11-27(12-10-26)20-21-7-4-8-22-20/h2-8H,9-14H2,1H3,(H,28,29). The summed E-state index contributed by atoms with van der Waals surface area (Å²) in [5.41, 5.74) is 0.820. The van der Waals surface area contributed by atoms with E-state index in [4.69, 9.17) is 15.1 Å². The van der Waals surface area contributed by atoms with Crippen LogP contribution in [-0.2, 0) is 11.3 Å². The lowest BCUT2D eigenvalue weighted by Crippen LogP contribution is -2.46. The Bertz CT molecular complexity index is 991. The van der Waals surface area contributed by atoms with E-state index in [0.29, 0.717) is 18.2 Å². The van der Waals surface area contributed by atoms with Crippen molar-refractivity contribution in [2.75, 3.05) is 49.6 Å². The molecule has 1 fully saturated rings. The van der Waals surface area contributed by atoms with Crippen molar-refractivity contribution >= 4 is 28.6 Å². The highest BCUT2D eigenvalue weighted by Crippen LogP contribution is 2.23. The zero-order chi connectivity index (χ0) is 20.2. The van der Waals surface area contributed by atoms with E-state index in [0.717, 1.165) is 43.0 Å². The summed E-state index contributed by atoms with van der Waals surface area (Å²) in [6.07, 6.45) is 3.51. The van der Waals surface area contributed by atoms with E-state index in [1.807, 2.05) is 30.3 Å². The highest BCUT2D eigenvalue weighted by atomic mass is 16.4. The Labute approximate surface area is 168 Å². The molecule has 3 aromatic rings. The van der Waals surface area contributed by atoms with Crippen LogP contribution >= 0.6 is 0 Å². The Kier molecular flexibility index (Phi) is 5.48. The minimum atomic E-state index is -0.893. The van der Waals surface area contributed by atoms with E-state index in [1.165, 1.54) is 0 Å².